The van der Waals surface area contributed by atoms with Crippen molar-refractivity contribution in [2.45, 2.75) is 12.5 Å². The molecule has 6 nitrogen and oxygen atoms in total. The molecule has 1 aliphatic rings. The fourth-order valence-corrected chi connectivity index (χ4v) is 4.95. The Bertz CT molecular complexity index is 1210. The zero-order chi connectivity index (χ0) is 21.8. The van der Waals surface area contributed by atoms with Crippen LogP contribution in [0.1, 0.15) is 27.6 Å². The summed E-state index contributed by atoms with van der Waals surface area (Å²) in [5.74, 6) is 0.334. The highest BCUT2D eigenvalue weighted by Crippen LogP contribution is 2.41. The SMILES string of the molecule is COc1cc(/C=C2\SC(=N)[C@@H](c3nccs3)C2=O)ccc1OCc1ccccc1C#N. The van der Waals surface area contributed by atoms with Crippen molar-refractivity contribution in [3.05, 3.63) is 80.6 Å². The highest BCUT2D eigenvalue weighted by Gasteiger charge is 2.38. The minimum Gasteiger partial charge on any atom is -0.493 e. The van der Waals surface area contributed by atoms with Crippen molar-refractivity contribution in [3.63, 3.8) is 0 Å². The van der Waals surface area contributed by atoms with Crippen LogP contribution >= 0.6 is 23.1 Å². The third-order valence-corrected chi connectivity index (χ3v) is 6.53. The van der Waals surface area contributed by atoms with Gasteiger partial charge in [-0.2, -0.15) is 5.26 Å². The number of carbonyl (C=O) groups is 1. The first kappa shape index (κ1) is 20.8. The predicted octanol–water partition coefficient (Wildman–Crippen LogP) is 5.02. The lowest BCUT2D eigenvalue weighted by atomic mass is 10.0. The van der Waals surface area contributed by atoms with Crippen LogP contribution in [0, 0.1) is 16.7 Å². The number of allylic oxidation sites excluding steroid dienone is 1. The van der Waals surface area contributed by atoms with Gasteiger partial charge in [0.05, 0.1) is 28.7 Å². The Morgan fingerprint density at radius 2 is 2.10 bits per heavy atom. The average Bonchev–Trinajstić information content (AvgIpc) is 3.40. The third-order valence-electron chi connectivity index (χ3n) is 4.69. The number of hydrogen-bond donors (Lipinski definition) is 1. The normalized spacial score (nSPS) is 17.0. The summed E-state index contributed by atoms with van der Waals surface area (Å²) >= 11 is 2.54. The van der Waals surface area contributed by atoms with Crippen LogP contribution in [-0.4, -0.2) is 22.9 Å². The molecule has 1 N–H and O–H groups in total. The van der Waals surface area contributed by atoms with Crippen molar-refractivity contribution in [1.29, 1.82) is 10.7 Å². The molecule has 31 heavy (non-hydrogen) atoms. The number of ketones is 1. The standard InChI is InChI=1S/C23H17N3O3S2/c1-28-18-10-14(6-7-17(18)29-13-16-5-3-2-4-15(16)12-24)11-19-21(27)20(22(25)31-19)23-26-8-9-30-23/h2-11,20,25H,13H2,1H3/b19-11-,25-22?/t20-/m0/s1. The average molecular weight is 448 g/mol. The molecule has 1 aliphatic heterocycles. The molecule has 2 aromatic carbocycles. The number of aromatic nitrogens is 1. The van der Waals surface area contributed by atoms with Crippen molar-refractivity contribution >= 4 is 40.0 Å². The molecule has 0 saturated carbocycles. The van der Waals surface area contributed by atoms with Crippen LogP contribution in [0.25, 0.3) is 6.08 Å². The second-order valence-electron chi connectivity index (χ2n) is 6.61. The van der Waals surface area contributed by atoms with Gasteiger partial charge in [0.1, 0.15) is 17.5 Å². The number of Topliss-reactive ketones (excluding diaryl/α,β-unsaturated/α-hetero) is 1. The molecule has 0 aliphatic carbocycles. The minimum atomic E-state index is -0.610. The van der Waals surface area contributed by atoms with E-state index in [1.54, 1.807) is 43.0 Å². The summed E-state index contributed by atoms with van der Waals surface area (Å²) in [7, 11) is 1.55. The lowest BCUT2D eigenvalue weighted by molar-refractivity contribution is -0.114. The molecular formula is C23H17N3O3S2. The molecular weight excluding hydrogens is 430 g/mol. The highest BCUT2D eigenvalue weighted by atomic mass is 32.2. The zero-order valence-corrected chi connectivity index (χ0v) is 18.1. The van der Waals surface area contributed by atoms with Gasteiger partial charge in [0, 0.05) is 17.1 Å². The van der Waals surface area contributed by atoms with Gasteiger partial charge >= 0.3 is 0 Å². The van der Waals surface area contributed by atoms with Crippen LogP contribution in [0.15, 0.2) is 58.9 Å². The Morgan fingerprint density at radius 3 is 2.84 bits per heavy atom. The van der Waals surface area contributed by atoms with Gasteiger partial charge in [0.25, 0.3) is 0 Å². The largest absolute Gasteiger partial charge is 0.493 e. The molecule has 0 unspecified atom stereocenters. The second-order valence-corrected chi connectivity index (χ2v) is 8.62. The first-order valence-corrected chi connectivity index (χ1v) is 11.0. The molecule has 0 spiro atoms. The fourth-order valence-electron chi connectivity index (χ4n) is 3.15. The number of methoxy groups -OCH3 is 1. The zero-order valence-electron chi connectivity index (χ0n) is 16.5. The summed E-state index contributed by atoms with van der Waals surface area (Å²) in [6.45, 7) is 0.238. The van der Waals surface area contributed by atoms with Crippen LogP contribution in [0.5, 0.6) is 11.5 Å². The summed E-state index contributed by atoms with van der Waals surface area (Å²) in [5.41, 5.74) is 2.12. The highest BCUT2D eigenvalue weighted by molar-refractivity contribution is 8.19. The second kappa shape index (κ2) is 9.16. The van der Waals surface area contributed by atoms with Gasteiger partial charge in [-0.25, -0.2) is 4.98 Å². The van der Waals surface area contributed by atoms with E-state index < -0.39 is 5.92 Å². The van der Waals surface area contributed by atoms with Gasteiger partial charge < -0.3 is 9.47 Å². The number of ether oxygens (including phenoxy) is 2. The molecule has 1 atom stereocenters. The van der Waals surface area contributed by atoms with Gasteiger partial charge in [-0.15, -0.1) is 11.3 Å². The number of thioether (sulfide) groups is 1. The molecule has 0 radical (unpaired) electrons. The maximum absolute atomic E-state index is 12.8. The lowest BCUT2D eigenvalue weighted by Gasteiger charge is -2.12. The molecule has 1 saturated heterocycles. The number of thiazole rings is 1. The van der Waals surface area contributed by atoms with Gasteiger partial charge in [-0.1, -0.05) is 36.0 Å². The molecule has 8 heteroatoms. The maximum Gasteiger partial charge on any atom is 0.186 e. The number of rotatable bonds is 6. The van der Waals surface area contributed by atoms with Crippen LogP contribution in [0.2, 0.25) is 0 Å². The Hall–Kier alpha value is -3.41. The molecule has 2 heterocycles. The summed E-state index contributed by atoms with van der Waals surface area (Å²) < 4.78 is 11.3. The van der Waals surface area contributed by atoms with Gasteiger partial charge in [-0.3, -0.25) is 10.2 Å². The van der Waals surface area contributed by atoms with Gasteiger partial charge in [0.15, 0.2) is 17.3 Å². The smallest absolute Gasteiger partial charge is 0.186 e. The van der Waals surface area contributed by atoms with E-state index in [0.29, 0.717) is 27.0 Å². The summed E-state index contributed by atoms with van der Waals surface area (Å²) in [6, 6.07) is 14.8. The molecule has 3 aromatic rings. The molecule has 4 rings (SSSR count). The van der Waals surface area contributed by atoms with Crippen molar-refractivity contribution < 1.29 is 14.3 Å². The van der Waals surface area contributed by atoms with Gasteiger partial charge in [0.2, 0.25) is 0 Å². The Morgan fingerprint density at radius 1 is 1.26 bits per heavy atom. The van der Waals surface area contributed by atoms with E-state index in [9.17, 15) is 10.1 Å². The van der Waals surface area contributed by atoms with Crippen LogP contribution in [-0.2, 0) is 11.4 Å². The number of hydrogen-bond acceptors (Lipinski definition) is 8. The first-order chi connectivity index (χ1) is 15.1. The summed E-state index contributed by atoms with van der Waals surface area (Å²) in [6.07, 6.45) is 3.40. The summed E-state index contributed by atoms with van der Waals surface area (Å²) in [4.78, 5) is 17.5. The van der Waals surface area contributed by atoms with E-state index in [1.807, 2.05) is 24.3 Å². The van der Waals surface area contributed by atoms with Crippen LogP contribution in [0.3, 0.4) is 0 Å². The molecule has 154 valence electrons. The summed E-state index contributed by atoms with van der Waals surface area (Å²) in [5, 5.41) is 20.2. The first-order valence-electron chi connectivity index (χ1n) is 9.31. The van der Waals surface area contributed by atoms with Crippen LogP contribution in [0.4, 0.5) is 0 Å². The Balaban J connectivity index is 1.54. The van der Waals surface area contributed by atoms with E-state index >= 15 is 0 Å². The van der Waals surface area contributed by atoms with E-state index in [4.69, 9.17) is 14.9 Å². The molecule has 0 amide bonds. The third kappa shape index (κ3) is 4.38. The number of carbonyl (C=O) groups excluding carboxylic acids is 1. The number of nitrogens with zero attached hydrogens (tertiary/aromatic N) is 2. The monoisotopic (exact) mass is 447 g/mol. The van der Waals surface area contributed by atoms with E-state index in [1.165, 1.54) is 11.3 Å². The van der Waals surface area contributed by atoms with Crippen LogP contribution < -0.4 is 9.47 Å². The van der Waals surface area contributed by atoms with E-state index in [-0.39, 0.29) is 17.4 Å². The van der Waals surface area contributed by atoms with Crippen molar-refractivity contribution in [2.75, 3.05) is 7.11 Å². The van der Waals surface area contributed by atoms with E-state index in [2.05, 4.69) is 11.1 Å². The van der Waals surface area contributed by atoms with Crippen molar-refractivity contribution in [2.24, 2.45) is 0 Å². The Kier molecular flexibility index (Phi) is 6.16. The van der Waals surface area contributed by atoms with Crippen molar-refractivity contribution in [3.8, 4) is 17.6 Å². The topological polar surface area (TPSA) is 96.1 Å². The number of benzene rings is 2. The maximum atomic E-state index is 12.8. The lowest BCUT2D eigenvalue weighted by Crippen LogP contribution is -2.11. The minimum absolute atomic E-state index is 0.114. The van der Waals surface area contributed by atoms with Crippen molar-refractivity contribution in [1.82, 2.24) is 4.98 Å². The number of nitrogens with one attached hydrogen (secondary N) is 1. The molecule has 1 fully saturated rings. The molecule has 1 aromatic heterocycles. The quantitative estimate of drug-likeness (QED) is 0.533. The van der Waals surface area contributed by atoms with Gasteiger partial charge in [-0.05, 0) is 29.8 Å². The predicted molar refractivity (Wildman–Crippen MR) is 122 cm³/mol. The van der Waals surface area contributed by atoms with E-state index in [0.717, 1.165) is 22.9 Å². The number of nitriles is 1. The molecule has 0 bridgehead atoms. The Labute approximate surface area is 187 Å². The fraction of sp³-hybridized carbons (Fsp3) is 0.130.